The third-order valence-corrected chi connectivity index (χ3v) is 5.05. The highest BCUT2D eigenvalue weighted by molar-refractivity contribution is 6.42. The highest BCUT2D eigenvalue weighted by Crippen LogP contribution is 2.36. The molecule has 1 aromatic carbocycles. The molecule has 29 heavy (non-hydrogen) atoms. The van der Waals surface area contributed by atoms with Gasteiger partial charge < -0.3 is 14.1 Å². The smallest absolute Gasteiger partial charge is 0.305 e. The Kier molecular flexibility index (Phi) is 6.67. The van der Waals surface area contributed by atoms with Crippen molar-refractivity contribution >= 4 is 74.5 Å². The summed E-state index contributed by atoms with van der Waals surface area (Å²) in [5, 5.41) is 1.13. The van der Waals surface area contributed by atoms with Gasteiger partial charge in [0.25, 0.3) is 0 Å². The number of aromatic nitrogens is 2. The molecule has 2 bridgehead atoms. The summed E-state index contributed by atoms with van der Waals surface area (Å²) in [4.78, 5) is 20.9. The number of halogens is 3. The van der Waals surface area contributed by atoms with Crippen molar-refractivity contribution in [3.63, 3.8) is 0 Å². The van der Waals surface area contributed by atoms with Crippen LogP contribution in [0.1, 0.15) is 20.3 Å². The topological polar surface area (TPSA) is 68.5 Å². The molecular weight excluding hydrogens is 437 g/mol. The quantitative estimate of drug-likeness (QED) is 0.328. The van der Waals surface area contributed by atoms with Crippen LogP contribution in [0.4, 0.5) is 11.5 Å². The van der Waals surface area contributed by atoms with E-state index in [1.165, 1.54) is 0 Å². The van der Waals surface area contributed by atoms with Crippen molar-refractivity contribution < 1.29 is 13.9 Å². The highest BCUT2D eigenvalue weighted by Gasteiger charge is 2.18. The molecule has 0 saturated heterocycles. The first-order valence-corrected chi connectivity index (χ1v) is 10.0. The minimum Gasteiger partial charge on any atom is -0.466 e. The number of anilines is 2. The molecule has 0 unspecified atom stereocenters. The van der Waals surface area contributed by atoms with Gasteiger partial charge >= 0.3 is 5.97 Å². The average molecular weight is 455 g/mol. The number of esters is 1. The van der Waals surface area contributed by atoms with Crippen LogP contribution in [0.2, 0.25) is 15.2 Å². The largest absolute Gasteiger partial charge is 0.466 e. The predicted molar refractivity (Wildman–Crippen MR) is 117 cm³/mol. The van der Waals surface area contributed by atoms with E-state index in [-0.39, 0.29) is 11.1 Å². The summed E-state index contributed by atoms with van der Waals surface area (Å²) in [6.07, 6.45) is 0.480. The standard InChI is InChI=1S/C15H8Cl3N3O.C5H10O2/c1-21(12-4-7-2-3-13(12)22-7)15-14(18)19-10-5-8(16)9(17)6-11(10)20-15;1-3-5(6)7-4-2/h2-6H,1H3;3-4H2,1-2H3. The Bertz CT molecular complexity index is 1150. The number of hydrogen-bond donors (Lipinski definition) is 0. The molecule has 0 aliphatic heterocycles. The van der Waals surface area contributed by atoms with E-state index in [1.807, 2.05) is 30.1 Å². The van der Waals surface area contributed by atoms with Gasteiger partial charge in [-0.25, -0.2) is 9.97 Å². The third-order valence-electron chi connectivity index (χ3n) is 4.08. The number of furan rings is 2. The number of carbonyl (C=O) groups excluding carboxylic acids is 1. The maximum Gasteiger partial charge on any atom is 0.305 e. The first kappa shape index (κ1) is 21.4. The summed E-state index contributed by atoms with van der Waals surface area (Å²) in [5.74, 6) is 0.402. The van der Waals surface area contributed by atoms with E-state index in [0.717, 1.165) is 16.9 Å². The zero-order valence-corrected chi connectivity index (χ0v) is 18.3. The number of ether oxygens (including phenoxy) is 1. The minimum atomic E-state index is -0.123. The molecule has 0 N–H and O–H groups in total. The monoisotopic (exact) mass is 453 g/mol. The van der Waals surface area contributed by atoms with Crippen LogP contribution in [0.25, 0.3) is 22.2 Å². The summed E-state index contributed by atoms with van der Waals surface area (Å²) in [7, 11) is 1.86. The molecule has 9 heteroatoms. The van der Waals surface area contributed by atoms with Crippen LogP contribution >= 0.6 is 34.8 Å². The van der Waals surface area contributed by atoms with Crippen molar-refractivity contribution in [3.05, 3.63) is 45.5 Å². The van der Waals surface area contributed by atoms with Crippen LogP contribution in [-0.2, 0) is 9.53 Å². The number of fused-ring (bicyclic) bond motifs is 3. The van der Waals surface area contributed by atoms with Gasteiger partial charge in [0.2, 0.25) is 0 Å². The molecule has 0 atom stereocenters. The van der Waals surface area contributed by atoms with E-state index in [4.69, 9.17) is 39.2 Å². The van der Waals surface area contributed by atoms with Crippen molar-refractivity contribution in [1.82, 2.24) is 9.97 Å². The predicted octanol–water partition coefficient (Wildman–Crippen LogP) is 6.50. The summed E-state index contributed by atoms with van der Waals surface area (Å²) in [6, 6.07) is 9.05. The van der Waals surface area contributed by atoms with Gasteiger partial charge in [-0.2, -0.15) is 0 Å². The molecule has 152 valence electrons. The Labute approximate surface area is 182 Å². The third kappa shape index (κ3) is 4.66. The summed E-state index contributed by atoms with van der Waals surface area (Å²) in [5.41, 5.74) is 3.67. The Morgan fingerprint density at radius 1 is 1.07 bits per heavy atom. The Hall–Kier alpha value is -2.28. The molecule has 0 radical (unpaired) electrons. The molecule has 0 saturated carbocycles. The van der Waals surface area contributed by atoms with E-state index < -0.39 is 0 Å². The van der Waals surface area contributed by atoms with Gasteiger partial charge in [-0.1, -0.05) is 41.7 Å². The molecule has 0 fully saturated rings. The fourth-order valence-electron chi connectivity index (χ4n) is 2.65. The van der Waals surface area contributed by atoms with E-state index >= 15 is 0 Å². The van der Waals surface area contributed by atoms with Gasteiger partial charge in [-0.05, 0) is 31.2 Å². The fourth-order valence-corrected chi connectivity index (χ4v) is 3.22. The van der Waals surface area contributed by atoms with Crippen molar-refractivity contribution in [2.45, 2.75) is 20.3 Å². The number of hydrogen-bond acceptors (Lipinski definition) is 6. The lowest BCUT2D eigenvalue weighted by molar-refractivity contribution is -0.142. The molecule has 0 aliphatic carbocycles. The molecule has 3 heterocycles. The van der Waals surface area contributed by atoms with E-state index in [1.54, 1.807) is 26.0 Å². The van der Waals surface area contributed by atoms with E-state index in [0.29, 0.717) is 39.9 Å². The molecular formula is C20H18Cl3N3O3. The van der Waals surface area contributed by atoms with Crippen LogP contribution in [0.5, 0.6) is 0 Å². The number of benzene rings is 2. The van der Waals surface area contributed by atoms with Crippen LogP contribution in [-0.4, -0.2) is 29.6 Å². The summed E-state index contributed by atoms with van der Waals surface area (Å²) < 4.78 is 10.1. The Balaban J connectivity index is 0.000000298. The summed E-state index contributed by atoms with van der Waals surface area (Å²) >= 11 is 18.3. The lowest BCUT2D eigenvalue weighted by Gasteiger charge is -2.18. The molecule has 0 amide bonds. The average Bonchev–Trinajstić information content (AvgIpc) is 3.32. The van der Waals surface area contributed by atoms with Crippen molar-refractivity contribution in [2.75, 3.05) is 18.6 Å². The normalized spacial score (nSPS) is 10.8. The Morgan fingerprint density at radius 3 is 2.21 bits per heavy atom. The molecule has 6 nitrogen and oxygen atoms in total. The van der Waals surface area contributed by atoms with Gasteiger partial charge in [0.15, 0.2) is 16.6 Å². The van der Waals surface area contributed by atoms with Gasteiger partial charge in [0.05, 0.1) is 33.4 Å². The first-order valence-electron chi connectivity index (χ1n) is 8.87. The van der Waals surface area contributed by atoms with Gasteiger partial charge in [-0.3, -0.25) is 4.79 Å². The second-order valence-corrected chi connectivity index (χ2v) is 7.21. The lowest BCUT2D eigenvalue weighted by atomic mass is 10.3. The molecule has 0 aliphatic rings. The van der Waals surface area contributed by atoms with E-state index in [2.05, 4.69) is 14.7 Å². The molecule has 0 spiro atoms. The zero-order valence-electron chi connectivity index (χ0n) is 16.0. The molecule has 4 rings (SSSR count). The lowest BCUT2D eigenvalue weighted by Crippen LogP contribution is -2.12. The highest BCUT2D eigenvalue weighted by atomic mass is 35.5. The van der Waals surface area contributed by atoms with Crippen LogP contribution in [0.3, 0.4) is 0 Å². The van der Waals surface area contributed by atoms with E-state index in [9.17, 15) is 4.79 Å². The van der Waals surface area contributed by atoms with Gasteiger partial charge in [0.1, 0.15) is 5.58 Å². The Morgan fingerprint density at radius 2 is 1.72 bits per heavy atom. The van der Waals surface area contributed by atoms with Crippen molar-refractivity contribution in [3.8, 4) is 0 Å². The maximum atomic E-state index is 10.2. The van der Waals surface area contributed by atoms with Crippen LogP contribution in [0, 0.1) is 0 Å². The maximum absolute atomic E-state index is 10.2. The molecule has 3 aromatic heterocycles. The number of carbonyl (C=O) groups is 1. The number of nitrogens with zero attached hydrogens (tertiary/aromatic N) is 3. The summed E-state index contributed by atoms with van der Waals surface area (Å²) in [6.45, 7) is 4.07. The second-order valence-electron chi connectivity index (χ2n) is 6.04. The van der Waals surface area contributed by atoms with Crippen LogP contribution in [0.15, 0.2) is 34.7 Å². The van der Waals surface area contributed by atoms with Crippen molar-refractivity contribution in [2.24, 2.45) is 0 Å². The van der Waals surface area contributed by atoms with Gasteiger partial charge in [-0.15, -0.1) is 0 Å². The SMILES string of the molecule is CCOC(=O)CC.CN(c1nc2cc(Cl)c(Cl)cc2nc1Cl)c1cc2ccc1o2. The number of rotatable bonds is 4. The first-order chi connectivity index (χ1) is 13.8. The fraction of sp³-hybridized carbons (Fsp3) is 0.250. The zero-order chi connectivity index (χ0) is 21.1. The van der Waals surface area contributed by atoms with Gasteiger partial charge in [0, 0.05) is 19.5 Å². The van der Waals surface area contributed by atoms with Crippen molar-refractivity contribution in [1.29, 1.82) is 0 Å². The molecule has 4 aromatic rings. The second kappa shape index (κ2) is 9.03. The van der Waals surface area contributed by atoms with Crippen LogP contribution < -0.4 is 4.90 Å². The minimum absolute atomic E-state index is 0.123.